The Labute approximate surface area is 208 Å². The molecule has 0 saturated carbocycles. The van der Waals surface area contributed by atoms with Gasteiger partial charge in [0.1, 0.15) is 24.1 Å². The fourth-order valence-corrected chi connectivity index (χ4v) is 4.58. The van der Waals surface area contributed by atoms with Crippen molar-refractivity contribution in [3.05, 3.63) is 47.0 Å². The lowest BCUT2D eigenvalue weighted by molar-refractivity contribution is -0.140. The molecule has 1 saturated heterocycles. The van der Waals surface area contributed by atoms with Gasteiger partial charge in [-0.05, 0) is 25.1 Å². The first-order valence-electron chi connectivity index (χ1n) is 11.2. The van der Waals surface area contributed by atoms with Crippen LogP contribution in [0.15, 0.2) is 24.3 Å². The van der Waals surface area contributed by atoms with Gasteiger partial charge in [-0.1, -0.05) is 0 Å². The van der Waals surface area contributed by atoms with Gasteiger partial charge in [0.05, 0.1) is 30.0 Å². The van der Waals surface area contributed by atoms with Crippen LogP contribution in [0.4, 0.5) is 29.1 Å². The van der Waals surface area contributed by atoms with Crippen molar-refractivity contribution in [3.63, 3.8) is 0 Å². The van der Waals surface area contributed by atoms with Crippen LogP contribution in [0.5, 0.6) is 11.5 Å². The van der Waals surface area contributed by atoms with Crippen LogP contribution >= 0.6 is 0 Å². The van der Waals surface area contributed by atoms with Gasteiger partial charge >= 0.3 is 6.18 Å². The molecule has 194 valence electrons. The Kier molecular flexibility index (Phi) is 7.25. The standard InChI is InChI=1S/C23H27F4N5O3Si/c1-12-31-17-8-18(33-2)19(34-11-22(36)10-29-3-4-35-22)7-15(17)21(32-12)30-9-13-5-14(28)6-16(20(13)24)23(25,26)27/h5-8,29H,3-4,9-11,28H2,1-2,36H3,(H,30,31,32). The van der Waals surface area contributed by atoms with E-state index >= 15 is 0 Å². The van der Waals surface area contributed by atoms with E-state index in [1.165, 1.54) is 7.11 Å². The first kappa shape index (κ1) is 25.9. The minimum absolute atomic E-state index is 0.193. The second-order valence-corrected chi connectivity index (χ2v) is 10.6. The summed E-state index contributed by atoms with van der Waals surface area (Å²) in [5.74, 6) is 0.210. The molecule has 1 aromatic heterocycles. The quantitative estimate of drug-likeness (QED) is 0.246. The Bertz CT molecular complexity index is 1270. The molecule has 1 atom stereocenters. The number of hydrogen-bond acceptors (Lipinski definition) is 8. The lowest BCUT2D eigenvalue weighted by Gasteiger charge is -2.34. The van der Waals surface area contributed by atoms with Crippen LogP contribution in [0.1, 0.15) is 17.0 Å². The molecule has 2 heterocycles. The van der Waals surface area contributed by atoms with Gasteiger partial charge in [0.25, 0.3) is 0 Å². The van der Waals surface area contributed by atoms with Gasteiger partial charge in [0, 0.05) is 52.6 Å². The lowest BCUT2D eigenvalue weighted by Crippen LogP contribution is -2.53. The molecule has 0 spiro atoms. The van der Waals surface area contributed by atoms with Crippen molar-refractivity contribution in [1.29, 1.82) is 0 Å². The molecule has 13 heteroatoms. The topological polar surface area (TPSA) is 104 Å². The molecule has 4 rings (SSSR count). The van der Waals surface area contributed by atoms with Crippen molar-refractivity contribution in [2.75, 3.05) is 44.5 Å². The number of aryl methyl sites for hydroxylation is 1. The number of nitrogens with two attached hydrogens (primary N) is 1. The van der Waals surface area contributed by atoms with Gasteiger partial charge in [0.15, 0.2) is 11.5 Å². The minimum Gasteiger partial charge on any atom is -0.493 e. The number of benzene rings is 2. The summed E-state index contributed by atoms with van der Waals surface area (Å²) in [5, 5.41) is 6.36. The van der Waals surface area contributed by atoms with Gasteiger partial charge < -0.3 is 30.6 Å². The molecular weight excluding hydrogens is 498 g/mol. The van der Waals surface area contributed by atoms with E-state index in [0.29, 0.717) is 59.9 Å². The third-order valence-corrected chi connectivity index (χ3v) is 6.71. The predicted octanol–water partition coefficient (Wildman–Crippen LogP) is 2.36. The third kappa shape index (κ3) is 5.63. The largest absolute Gasteiger partial charge is 0.493 e. The number of aromatic nitrogens is 2. The average Bonchev–Trinajstić information content (AvgIpc) is 2.82. The number of fused-ring (bicyclic) bond motifs is 1. The summed E-state index contributed by atoms with van der Waals surface area (Å²) >= 11 is 0. The molecule has 0 bridgehead atoms. The molecule has 0 aliphatic carbocycles. The molecule has 4 N–H and O–H groups in total. The lowest BCUT2D eigenvalue weighted by atomic mass is 10.1. The highest BCUT2D eigenvalue weighted by Crippen LogP contribution is 2.36. The van der Waals surface area contributed by atoms with Crippen molar-refractivity contribution in [3.8, 4) is 11.5 Å². The van der Waals surface area contributed by atoms with E-state index in [1.807, 2.05) is 0 Å². The highest BCUT2D eigenvalue weighted by atomic mass is 28.1. The Balaban J connectivity index is 1.65. The van der Waals surface area contributed by atoms with E-state index < -0.39 is 22.8 Å². The highest BCUT2D eigenvalue weighted by Gasteiger charge is 2.35. The molecule has 8 nitrogen and oxygen atoms in total. The number of methoxy groups -OCH3 is 1. The van der Waals surface area contributed by atoms with E-state index in [-0.39, 0.29) is 17.8 Å². The molecule has 1 unspecified atom stereocenters. The van der Waals surface area contributed by atoms with E-state index in [0.717, 1.165) is 22.9 Å². The van der Waals surface area contributed by atoms with Crippen molar-refractivity contribution >= 4 is 32.7 Å². The number of nitrogen functional groups attached to an aromatic ring is 1. The summed E-state index contributed by atoms with van der Waals surface area (Å²) in [6.45, 7) is 3.75. The Morgan fingerprint density at radius 2 is 2.00 bits per heavy atom. The number of nitrogens with one attached hydrogen (secondary N) is 2. The maximum absolute atomic E-state index is 14.6. The third-order valence-electron chi connectivity index (χ3n) is 5.78. The molecule has 1 aliphatic heterocycles. The molecule has 2 aromatic carbocycles. The van der Waals surface area contributed by atoms with Crippen LogP contribution < -0.4 is 25.8 Å². The second kappa shape index (κ2) is 10.1. The fourth-order valence-electron chi connectivity index (χ4n) is 3.98. The predicted molar refractivity (Wildman–Crippen MR) is 131 cm³/mol. The summed E-state index contributed by atoms with van der Waals surface area (Å²) in [4.78, 5) is 8.80. The van der Waals surface area contributed by atoms with Crippen molar-refractivity contribution in [2.24, 2.45) is 0 Å². The first-order chi connectivity index (χ1) is 17.0. The van der Waals surface area contributed by atoms with Gasteiger partial charge in [-0.2, -0.15) is 13.2 Å². The zero-order valence-corrected chi connectivity index (χ0v) is 22.1. The molecule has 0 radical (unpaired) electrons. The summed E-state index contributed by atoms with van der Waals surface area (Å²) in [5.41, 5.74) is 4.28. The van der Waals surface area contributed by atoms with Crippen LogP contribution in [-0.2, 0) is 17.5 Å². The van der Waals surface area contributed by atoms with Gasteiger partial charge in [-0.25, -0.2) is 14.4 Å². The smallest absolute Gasteiger partial charge is 0.419 e. The van der Waals surface area contributed by atoms with Crippen LogP contribution in [-0.4, -0.2) is 58.8 Å². The van der Waals surface area contributed by atoms with Crippen molar-refractivity contribution in [1.82, 2.24) is 15.3 Å². The molecule has 3 aromatic rings. The molecule has 36 heavy (non-hydrogen) atoms. The highest BCUT2D eigenvalue weighted by molar-refractivity contribution is 6.15. The summed E-state index contributed by atoms with van der Waals surface area (Å²) in [6, 6.07) is 5.11. The molecule has 1 aliphatic rings. The Morgan fingerprint density at radius 1 is 1.22 bits per heavy atom. The summed E-state index contributed by atoms with van der Waals surface area (Å²) in [6.07, 6.45) is -4.87. The maximum atomic E-state index is 14.6. The number of ether oxygens (including phenoxy) is 3. The van der Waals surface area contributed by atoms with E-state index in [9.17, 15) is 17.6 Å². The molecule has 0 amide bonds. The van der Waals surface area contributed by atoms with Gasteiger partial charge in [-0.15, -0.1) is 0 Å². The summed E-state index contributed by atoms with van der Waals surface area (Å²) in [7, 11) is 2.25. The number of rotatable bonds is 7. The number of hydrogen-bond donors (Lipinski definition) is 3. The van der Waals surface area contributed by atoms with Crippen molar-refractivity contribution in [2.45, 2.75) is 24.9 Å². The Morgan fingerprint density at radius 3 is 2.67 bits per heavy atom. The zero-order valence-electron chi connectivity index (χ0n) is 20.1. The van der Waals surface area contributed by atoms with Gasteiger partial charge in [-0.3, -0.25) is 0 Å². The minimum atomic E-state index is -4.87. The van der Waals surface area contributed by atoms with Crippen LogP contribution in [0, 0.1) is 12.7 Å². The monoisotopic (exact) mass is 525 g/mol. The van der Waals surface area contributed by atoms with Crippen LogP contribution in [0.3, 0.4) is 0 Å². The number of alkyl halides is 3. The van der Waals surface area contributed by atoms with E-state index in [2.05, 4.69) is 20.6 Å². The van der Waals surface area contributed by atoms with Crippen LogP contribution in [0.25, 0.3) is 10.9 Å². The number of halogens is 4. The normalized spacial score (nSPS) is 18.4. The van der Waals surface area contributed by atoms with E-state index in [4.69, 9.17) is 19.9 Å². The first-order valence-corrected chi connectivity index (χ1v) is 12.2. The SMILES string of the molecule is COc1cc2nc(C)nc(NCc3cc(N)cc(C(F)(F)F)c3F)c2cc1OCC1([SiH3])CNCCO1. The molecule has 1 fully saturated rings. The number of anilines is 2. The summed E-state index contributed by atoms with van der Waals surface area (Å²) < 4.78 is 71.7. The average molecular weight is 526 g/mol. The van der Waals surface area contributed by atoms with Crippen molar-refractivity contribution < 1.29 is 31.8 Å². The van der Waals surface area contributed by atoms with E-state index in [1.54, 1.807) is 19.1 Å². The maximum Gasteiger partial charge on any atom is 0.419 e. The van der Waals surface area contributed by atoms with Gasteiger partial charge in [0.2, 0.25) is 0 Å². The number of nitrogens with zero attached hydrogens (tertiary/aromatic N) is 2. The zero-order chi connectivity index (χ0) is 26.1. The fraction of sp³-hybridized carbons (Fsp3) is 0.391. The number of morpholine rings is 1. The Hall–Kier alpha value is -3.16. The molecular formula is C23H27F4N5O3Si. The second-order valence-electron chi connectivity index (χ2n) is 8.80. The van der Waals surface area contributed by atoms with Crippen LogP contribution in [0.2, 0.25) is 0 Å².